The van der Waals surface area contributed by atoms with Crippen LogP contribution >= 0.6 is 0 Å². The molecule has 1 aliphatic rings. The van der Waals surface area contributed by atoms with Crippen LogP contribution in [0.25, 0.3) is 0 Å². The van der Waals surface area contributed by atoms with Gasteiger partial charge in [0.25, 0.3) is 0 Å². The number of carbonyl (C=O) groups is 2. The second-order valence-electron chi connectivity index (χ2n) is 4.19. The third kappa shape index (κ3) is 3.38. The largest absolute Gasteiger partial charge is 0.481 e. The molecular weight excluding hydrogens is 194 g/mol. The number of carbonyl (C=O) groups excluding carboxylic acids is 1. The fourth-order valence-electron chi connectivity index (χ4n) is 1.90. The van der Waals surface area contributed by atoms with E-state index in [0.717, 1.165) is 19.3 Å². The Labute approximate surface area is 89.4 Å². The standard InChI is InChI=1S/C11H17NO3/c1-2-4-9(13)12-8-11(5-3-6-11)7-10(14)15/h2H,1,3-8H2,(H,12,13)(H,14,15). The maximum Gasteiger partial charge on any atom is 0.303 e. The molecule has 4 heteroatoms. The zero-order valence-corrected chi connectivity index (χ0v) is 8.79. The Morgan fingerprint density at radius 2 is 2.13 bits per heavy atom. The Morgan fingerprint density at radius 1 is 1.47 bits per heavy atom. The zero-order valence-electron chi connectivity index (χ0n) is 8.79. The molecule has 0 atom stereocenters. The average molecular weight is 211 g/mol. The minimum Gasteiger partial charge on any atom is -0.481 e. The van der Waals surface area contributed by atoms with Gasteiger partial charge in [0.1, 0.15) is 0 Å². The molecule has 1 aliphatic carbocycles. The Bertz CT molecular complexity index is 269. The van der Waals surface area contributed by atoms with Crippen molar-refractivity contribution in [1.82, 2.24) is 5.32 Å². The van der Waals surface area contributed by atoms with Crippen molar-refractivity contribution in [3.8, 4) is 0 Å². The van der Waals surface area contributed by atoms with Gasteiger partial charge in [-0.05, 0) is 18.3 Å². The van der Waals surface area contributed by atoms with Gasteiger partial charge in [-0.1, -0.05) is 12.5 Å². The Hall–Kier alpha value is -1.32. The molecule has 0 bridgehead atoms. The summed E-state index contributed by atoms with van der Waals surface area (Å²) in [4.78, 5) is 21.8. The smallest absolute Gasteiger partial charge is 0.303 e. The molecule has 2 N–H and O–H groups in total. The van der Waals surface area contributed by atoms with Gasteiger partial charge in [0, 0.05) is 13.0 Å². The van der Waals surface area contributed by atoms with E-state index in [4.69, 9.17) is 5.11 Å². The van der Waals surface area contributed by atoms with E-state index in [1.807, 2.05) is 0 Å². The lowest BCUT2D eigenvalue weighted by Gasteiger charge is -2.40. The number of carboxylic acids is 1. The van der Waals surface area contributed by atoms with Gasteiger partial charge in [-0.15, -0.1) is 6.58 Å². The van der Waals surface area contributed by atoms with E-state index in [1.54, 1.807) is 6.08 Å². The van der Waals surface area contributed by atoms with Crippen molar-refractivity contribution >= 4 is 11.9 Å². The fraction of sp³-hybridized carbons (Fsp3) is 0.636. The highest BCUT2D eigenvalue weighted by Crippen LogP contribution is 2.43. The molecule has 0 saturated heterocycles. The van der Waals surface area contributed by atoms with Crippen molar-refractivity contribution < 1.29 is 14.7 Å². The highest BCUT2D eigenvalue weighted by atomic mass is 16.4. The van der Waals surface area contributed by atoms with Crippen LogP contribution in [0.1, 0.15) is 32.1 Å². The van der Waals surface area contributed by atoms with E-state index in [9.17, 15) is 9.59 Å². The molecule has 0 aromatic heterocycles. The lowest BCUT2D eigenvalue weighted by molar-refractivity contribution is -0.141. The molecular formula is C11H17NO3. The van der Waals surface area contributed by atoms with E-state index in [2.05, 4.69) is 11.9 Å². The van der Waals surface area contributed by atoms with Gasteiger partial charge in [-0.2, -0.15) is 0 Å². The van der Waals surface area contributed by atoms with Gasteiger partial charge in [0.2, 0.25) is 5.91 Å². The van der Waals surface area contributed by atoms with Crippen molar-refractivity contribution in [3.63, 3.8) is 0 Å². The Kier molecular flexibility index (Phi) is 3.88. The van der Waals surface area contributed by atoms with Crippen LogP contribution in [0.5, 0.6) is 0 Å². The van der Waals surface area contributed by atoms with Crippen LogP contribution < -0.4 is 5.32 Å². The van der Waals surface area contributed by atoms with E-state index in [0.29, 0.717) is 13.0 Å². The quantitative estimate of drug-likeness (QED) is 0.651. The van der Waals surface area contributed by atoms with Gasteiger partial charge in [-0.25, -0.2) is 0 Å². The lowest BCUT2D eigenvalue weighted by atomic mass is 9.66. The first-order valence-corrected chi connectivity index (χ1v) is 5.17. The van der Waals surface area contributed by atoms with Crippen molar-refractivity contribution in [2.75, 3.05) is 6.54 Å². The first-order chi connectivity index (χ1) is 7.08. The number of amides is 1. The molecule has 1 saturated carbocycles. The predicted molar refractivity (Wildman–Crippen MR) is 56.4 cm³/mol. The fourth-order valence-corrected chi connectivity index (χ4v) is 1.90. The zero-order chi connectivity index (χ0) is 11.3. The van der Waals surface area contributed by atoms with Gasteiger partial charge in [0.05, 0.1) is 6.42 Å². The summed E-state index contributed by atoms with van der Waals surface area (Å²) in [6.07, 6.45) is 4.84. The first-order valence-electron chi connectivity index (χ1n) is 5.17. The molecule has 84 valence electrons. The van der Waals surface area contributed by atoms with Gasteiger partial charge in [0.15, 0.2) is 0 Å². The number of rotatable bonds is 6. The molecule has 1 rings (SSSR count). The minimum atomic E-state index is -0.785. The summed E-state index contributed by atoms with van der Waals surface area (Å²) in [5, 5.41) is 11.5. The SMILES string of the molecule is C=CCC(=O)NCC1(CC(=O)O)CCC1. The third-order valence-corrected chi connectivity index (χ3v) is 2.93. The van der Waals surface area contributed by atoms with E-state index in [1.165, 1.54) is 0 Å². The van der Waals surface area contributed by atoms with E-state index >= 15 is 0 Å². The summed E-state index contributed by atoms with van der Waals surface area (Å²) < 4.78 is 0. The Balaban J connectivity index is 2.36. The lowest BCUT2D eigenvalue weighted by Crippen LogP contribution is -2.43. The first kappa shape index (κ1) is 11.8. The molecule has 0 unspecified atom stereocenters. The normalized spacial score (nSPS) is 17.6. The maximum absolute atomic E-state index is 11.2. The second-order valence-corrected chi connectivity index (χ2v) is 4.19. The van der Waals surface area contributed by atoms with Crippen LogP contribution in [0, 0.1) is 5.41 Å². The van der Waals surface area contributed by atoms with E-state index in [-0.39, 0.29) is 17.7 Å². The molecule has 0 heterocycles. The van der Waals surface area contributed by atoms with Crippen molar-refractivity contribution in [2.45, 2.75) is 32.1 Å². The maximum atomic E-state index is 11.2. The molecule has 0 radical (unpaired) electrons. The Morgan fingerprint density at radius 3 is 2.53 bits per heavy atom. The van der Waals surface area contributed by atoms with E-state index < -0.39 is 5.97 Å². The molecule has 0 spiro atoms. The summed E-state index contributed by atoms with van der Waals surface area (Å²) in [6.45, 7) is 3.95. The van der Waals surface area contributed by atoms with Gasteiger partial charge in [-0.3, -0.25) is 9.59 Å². The molecule has 0 aliphatic heterocycles. The van der Waals surface area contributed by atoms with Crippen LogP contribution in [0.4, 0.5) is 0 Å². The van der Waals surface area contributed by atoms with Crippen LogP contribution in [0.15, 0.2) is 12.7 Å². The summed E-state index contributed by atoms with van der Waals surface area (Å²) >= 11 is 0. The van der Waals surface area contributed by atoms with Crippen molar-refractivity contribution in [1.29, 1.82) is 0 Å². The summed E-state index contributed by atoms with van der Waals surface area (Å²) in [6, 6.07) is 0. The van der Waals surface area contributed by atoms with Crippen LogP contribution in [0.2, 0.25) is 0 Å². The molecule has 1 fully saturated rings. The summed E-state index contributed by atoms with van der Waals surface area (Å²) in [5.41, 5.74) is -0.192. The topological polar surface area (TPSA) is 66.4 Å². The molecule has 0 aromatic carbocycles. The second kappa shape index (κ2) is 4.96. The number of aliphatic carboxylic acids is 1. The average Bonchev–Trinajstić information content (AvgIpc) is 2.09. The number of hydrogen-bond acceptors (Lipinski definition) is 2. The number of hydrogen-bond donors (Lipinski definition) is 2. The summed E-state index contributed by atoms with van der Waals surface area (Å²) in [7, 11) is 0. The minimum absolute atomic E-state index is 0.0818. The predicted octanol–water partition coefficient (Wildman–Crippen LogP) is 1.32. The summed E-state index contributed by atoms with van der Waals surface area (Å²) in [5.74, 6) is -0.866. The molecule has 15 heavy (non-hydrogen) atoms. The van der Waals surface area contributed by atoms with Crippen LogP contribution in [0.3, 0.4) is 0 Å². The highest BCUT2D eigenvalue weighted by molar-refractivity contribution is 5.77. The molecule has 0 aromatic rings. The third-order valence-electron chi connectivity index (χ3n) is 2.93. The molecule has 1 amide bonds. The van der Waals surface area contributed by atoms with Crippen molar-refractivity contribution in [2.24, 2.45) is 5.41 Å². The van der Waals surface area contributed by atoms with Gasteiger partial charge >= 0.3 is 5.97 Å². The van der Waals surface area contributed by atoms with Gasteiger partial charge < -0.3 is 10.4 Å². The molecule has 4 nitrogen and oxygen atoms in total. The monoisotopic (exact) mass is 211 g/mol. The number of carboxylic acid groups (broad SMARTS) is 1. The van der Waals surface area contributed by atoms with Crippen LogP contribution in [-0.2, 0) is 9.59 Å². The van der Waals surface area contributed by atoms with Crippen molar-refractivity contribution in [3.05, 3.63) is 12.7 Å². The number of nitrogens with one attached hydrogen (secondary N) is 1. The highest BCUT2D eigenvalue weighted by Gasteiger charge is 2.38. The van der Waals surface area contributed by atoms with Crippen LogP contribution in [-0.4, -0.2) is 23.5 Å².